The molecule has 1 amide bonds. The lowest BCUT2D eigenvalue weighted by atomic mass is 9.98. The van der Waals surface area contributed by atoms with Crippen LogP contribution in [-0.2, 0) is 11.3 Å². The molecule has 2 unspecified atom stereocenters. The van der Waals surface area contributed by atoms with E-state index in [1.165, 1.54) is 0 Å². The highest BCUT2D eigenvalue weighted by atomic mass is 16.5. The second-order valence-electron chi connectivity index (χ2n) is 7.23. The van der Waals surface area contributed by atoms with Gasteiger partial charge in [0.25, 0.3) is 0 Å². The Morgan fingerprint density at radius 1 is 1.07 bits per heavy atom. The van der Waals surface area contributed by atoms with Crippen LogP contribution in [0.2, 0.25) is 0 Å². The quantitative estimate of drug-likeness (QED) is 0.664. The number of carbonyl (C=O) groups is 1. The van der Waals surface area contributed by atoms with Gasteiger partial charge in [-0.1, -0.05) is 31.2 Å². The Hall–Kier alpha value is -3.08. The summed E-state index contributed by atoms with van der Waals surface area (Å²) in [6, 6.07) is 15.8. The summed E-state index contributed by atoms with van der Waals surface area (Å²) in [4.78, 5) is 19.5. The molecule has 5 heteroatoms. The third-order valence-corrected chi connectivity index (χ3v) is 5.46. The SMILES string of the molecule is COc1cccc(OC)c1C1CC(C)C(=O)N1Cc1cnc2ccccc2c1. The maximum Gasteiger partial charge on any atom is 0.226 e. The van der Waals surface area contributed by atoms with Crippen LogP contribution in [0, 0.1) is 5.92 Å². The summed E-state index contributed by atoms with van der Waals surface area (Å²) in [6.45, 7) is 2.49. The van der Waals surface area contributed by atoms with E-state index in [-0.39, 0.29) is 17.9 Å². The van der Waals surface area contributed by atoms with Gasteiger partial charge in [-0.2, -0.15) is 0 Å². The zero-order chi connectivity index (χ0) is 19.7. The van der Waals surface area contributed by atoms with Gasteiger partial charge in [0.05, 0.1) is 31.3 Å². The minimum atomic E-state index is -0.0972. The summed E-state index contributed by atoms with van der Waals surface area (Å²) in [5.74, 6) is 1.58. The molecule has 1 saturated heterocycles. The standard InChI is InChI=1S/C23H24N2O3/c1-15-11-19(22-20(27-2)9-6-10-21(22)28-3)25(23(15)26)14-16-12-17-7-4-5-8-18(17)24-13-16/h4-10,12-13,15,19H,11,14H2,1-3H3. The summed E-state index contributed by atoms with van der Waals surface area (Å²) in [5, 5.41) is 1.08. The summed E-state index contributed by atoms with van der Waals surface area (Å²) in [7, 11) is 3.30. The molecule has 0 bridgehead atoms. The first kappa shape index (κ1) is 18.3. The predicted molar refractivity (Wildman–Crippen MR) is 108 cm³/mol. The fraction of sp³-hybridized carbons (Fsp3) is 0.304. The first-order chi connectivity index (χ1) is 13.6. The van der Waals surface area contributed by atoms with Gasteiger partial charge in [-0.15, -0.1) is 0 Å². The molecule has 144 valence electrons. The Balaban J connectivity index is 1.73. The second-order valence-corrected chi connectivity index (χ2v) is 7.23. The Kier molecular flexibility index (Phi) is 4.90. The molecule has 2 heterocycles. The van der Waals surface area contributed by atoms with Crippen LogP contribution >= 0.6 is 0 Å². The molecule has 1 aliphatic heterocycles. The normalized spacial score (nSPS) is 19.2. The molecule has 1 aromatic heterocycles. The lowest BCUT2D eigenvalue weighted by Crippen LogP contribution is -2.29. The fourth-order valence-electron chi connectivity index (χ4n) is 4.07. The molecule has 2 atom stereocenters. The van der Waals surface area contributed by atoms with Gasteiger partial charge in [0, 0.05) is 24.0 Å². The van der Waals surface area contributed by atoms with E-state index in [1.807, 2.05) is 60.5 Å². The van der Waals surface area contributed by atoms with E-state index in [4.69, 9.17) is 9.47 Å². The number of aromatic nitrogens is 1. The Morgan fingerprint density at radius 3 is 2.50 bits per heavy atom. The molecular weight excluding hydrogens is 352 g/mol. The molecule has 0 saturated carbocycles. The van der Waals surface area contributed by atoms with E-state index in [2.05, 4.69) is 11.1 Å². The predicted octanol–water partition coefficient (Wildman–Crippen LogP) is 4.36. The van der Waals surface area contributed by atoms with E-state index in [0.29, 0.717) is 6.54 Å². The van der Waals surface area contributed by atoms with Gasteiger partial charge in [-0.25, -0.2) is 0 Å². The van der Waals surface area contributed by atoms with Gasteiger partial charge in [-0.3, -0.25) is 9.78 Å². The molecule has 3 aromatic rings. The van der Waals surface area contributed by atoms with Crippen LogP contribution in [-0.4, -0.2) is 30.0 Å². The number of benzene rings is 2. The van der Waals surface area contributed by atoms with Crippen LogP contribution in [0.25, 0.3) is 10.9 Å². The molecule has 0 radical (unpaired) electrons. The monoisotopic (exact) mass is 376 g/mol. The van der Waals surface area contributed by atoms with Crippen LogP contribution in [0.1, 0.15) is 30.5 Å². The lowest BCUT2D eigenvalue weighted by Gasteiger charge is -2.27. The van der Waals surface area contributed by atoms with Crippen LogP contribution in [0.15, 0.2) is 54.7 Å². The fourth-order valence-corrected chi connectivity index (χ4v) is 4.07. The molecule has 2 aromatic carbocycles. The summed E-state index contributed by atoms with van der Waals surface area (Å²) in [5.41, 5.74) is 2.90. The van der Waals surface area contributed by atoms with Gasteiger partial charge in [0.2, 0.25) is 5.91 Å². The number of methoxy groups -OCH3 is 2. The van der Waals surface area contributed by atoms with E-state index in [1.54, 1.807) is 14.2 Å². The number of likely N-dealkylation sites (tertiary alicyclic amines) is 1. The second kappa shape index (κ2) is 7.50. The van der Waals surface area contributed by atoms with Gasteiger partial charge in [0.15, 0.2) is 0 Å². The van der Waals surface area contributed by atoms with E-state index in [0.717, 1.165) is 39.9 Å². The minimum Gasteiger partial charge on any atom is -0.496 e. The number of hydrogen-bond donors (Lipinski definition) is 0. The van der Waals surface area contributed by atoms with Crippen molar-refractivity contribution in [3.63, 3.8) is 0 Å². The van der Waals surface area contributed by atoms with Crippen molar-refractivity contribution < 1.29 is 14.3 Å². The summed E-state index contributed by atoms with van der Waals surface area (Å²) >= 11 is 0. The number of pyridine rings is 1. The number of fused-ring (bicyclic) bond motifs is 1. The number of para-hydroxylation sites is 1. The third kappa shape index (κ3) is 3.17. The van der Waals surface area contributed by atoms with Crippen molar-refractivity contribution >= 4 is 16.8 Å². The van der Waals surface area contributed by atoms with Crippen molar-refractivity contribution in [2.75, 3.05) is 14.2 Å². The molecule has 1 fully saturated rings. The largest absolute Gasteiger partial charge is 0.496 e. The topological polar surface area (TPSA) is 51.7 Å². The molecule has 5 nitrogen and oxygen atoms in total. The van der Waals surface area contributed by atoms with Crippen LogP contribution in [0.4, 0.5) is 0 Å². The maximum atomic E-state index is 13.0. The molecule has 0 spiro atoms. The van der Waals surface area contributed by atoms with Crippen LogP contribution in [0.5, 0.6) is 11.5 Å². The van der Waals surface area contributed by atoms with Crippen molar-refractivity contribution in [1.82, 2.24) is 9.88 Å². The highest BCUT2D eigenvalue weighted by Gasteiger charge is 2.40. The van der Waals surface area contributed by atoms with Crippen molar-refractivity contribution in [1.29, 1.82) is 0 Å². The molecule has 4 rings (SSSR count). The van der Waals surface area contributed by atoms with E-state index < -0.39 is 0 Å². The minimum absolute atomic E-state index is 0.0481. The van der Waals surface area contributed by atoms with Crippen molar-refractivity contribution in [2.24, 2.45) is 5.92 Å². The summed E-state index contributed by atoms with van der Waals surface area (Å²) < 4.78 is 11.2. The highest BCUT2D eigenvalue weighted by Crippen LogP contribution is 2.45. The number of nitrogens with zero attached hydrogens (tertiary/aromatic N) is 2. The Labute approximate surface area is 164 Å². The van der Waals surface area contributed by atoms with Gasteiger partial charge in [0.1, 0.15) is 11.5 Å². The lowest BCUT2D eigenvalue weighted by molar-refractivity contribution is -0.132. The first-order valence-electron chi connectivity index (χ1n) is 9.47. The zero-order valence-electron chi connectivity index (χ0n) is 16.4. The van der Waals surface area contributed by atoms with Crippen LogP contribution < -0.4 is 9.47 Å². The number of rotatable bonds is 5. The first-order valence-corrected chi connectivity index (χ1v) is 9.47. The molecule has 28 heavy (non-hydrogen) atoms. The van der Waals surface area contributed by atoms with Gasteiger partial charge >= 0.3 is 0 Å². The third-order valence-electron chi connectivity index (χ3n) is 5.46. The Morgan fingerprint density at radius 2 is 1.79 bits per heavy atom. The number of carbonyl (C=O) groups excluding carboxylic acids is 1. The van der Waals surface area contributed by atoms with Gasteiger partial charge in [-0.05, 0) is 36.2 Å². The number of hydrogen-bond acceptors (Lipinski definition) is 4. The van der Waals surface area contributed by atoms with Crippen molar-refractivity contribution in [3.8, 4) is 11.5 Å². The molecule has 0 aliphatic carbocycles. The Bertz CT molecular complexity index is 995. The zero-order valence-corrected chi connectivity index (χ0v) is 16.4. The molecule has 0 N–H and O–H groups in total. The average Bonchev–Trinajstić information content (AvgIpc) is 3.01. The van der Waals surface area contributed by atoms with Crippen LogP contribution in [0.3, 0.4) is 0 Å². The van der Waals surface area contributed by atoms with Gasteiger partial charge < -0.3 is 14.4 Å². The van der Waals surface area contributed by atoms with E-state index in [9.17, 15) is 4.79 Å². The highest BCUT2D eigenvalue weighted by molar-refractivity contribution is 5.82. The number of ether oxygens (including phenoxy) is 2. The number of amides is 1. The summed E-state index contributed by atoms with van der Waals surface area (Å²) in [6.07, 6.45) is 2.59. The molecular formula is C23H24N2O3. The van der Waals surface area contributed by atoms with Crippen molar-refractivity contribution in [3.05, 3.63) is 65.9 Å². The molecule has 1 aliphatic rings. The van der Waals surface area contributed by atoms with Crippen molar-refractivity contribution in [2.45, 2.75) is 25.9 Å². The maximum absolute atomic E-state index is 13.0. The smallest absolute Gasteiger partial charge is 0.226 e. The average molecular weight is 376 g/mol. The van der Waals surface area contributed by atoms with E-state index >= 15 is 0 Å².